The van der Waals surface area contributed by atoms with Crippen molar-refractivity contribution < 1.29 is 19.3 Å². The summed E-state index contributed by atoms with van der Waals surface area (Å²) in [5.74, 6) is -0.839. The van der Waals surface area contributed by atoms with Gasteiger partial charge < -0.3 is 21.3 Å². The third kappa shape index (κ3) is 5.27. The summed E-state index contributed by atoms with van der Waals surface area (Å²) >= 11 is 1.43. The molecule has 7 nitrogen and oxygen atoms in total. The molecule has 0 aromatic carbocycles. The van der Waals surface area contributed by atoms with E-state index in [4.69, 9.17) is 5.73 Å². The number of quaternary nitrogens is 1. The van der Waals surface area contributed by atoms with Crippen molar-refractivity contribution in [3.05, 3.63) is 16.0 Å². The minimum atomic E-state index is -0.500. The predicted molar refractivity (Wildman–Crippen MR) is 98.0 cm³/mol. The van der Waals surface area contributed by atoms with Crippen molar-refractivity contribution in [2.24, 2.45) is 5.73 Å². The standard InChI is InChI=1S/C17H26N4O3S/c1-17(2,3)20-13(23)9-21(4)8-12(22)19-16-14(15(18)24)10-6-5-7-11(10)25-16/h5-9H2,1-4H3,(H2,18,24)(H,19,22)(H,20,23)/p+1. The molecule has 1 heterocycles. The van der Waals surface area contributed by atoms with E-state index in [0.29, 0.717) is 10.6 Å². The predicted octanol–water partition coefficient (Wildman–Crippen LogP) is -0.296. The van der Waals surface area contributed by atoms with Crippen LogP contribution in [-0.4, -0.2) is 43.4 Å². The van der Waals surface area contributed by atoms with Gasteiger partial charge in [-0.1, -0.05) is 0 Å². The number of likely N-dealkylation sites (N-methyl/N-ethyl adjacent to an activating group) is 1. The van der Waals surface area contributed by atoms with Gasteiger partial charge in [-0.15, -0.1) is 11.3 Å². The number of amides is 3. The molecule has 0 saturated heterocycles. The van der Waals surface area contributed by atoms with Gasteiger partial charge in [0.2, 0.25) is 0 Å². The van der Waals surface area contributed by atoms with Gasteiger partial charge >= 0.3 is 0 Å². The Bertz CT molecular complexity index is 691. The molecule has 0 fully saturated rings. The van der Waals surface area contributed by atoms with E-state index in [2.05, 4.69) is 10.6 Å². The van der Waals surface area contributed by atoms with Crippen molar-refractivity contribution in [2.45, 2.75) is 45.6 Å². The summed E-state index contributed by atoms with van der Waals surface area (Å²) < 4.78 is 0. The van der Waals surface area contributed by atoms with Gasteiger partial charge in [0, 0.05) is 10.4 Å². The molecule has 1 aliphatic rings. The number of carbonyl (C=O) groups excluding carboxylic acids is 3. The molecule has 1 aliphatic carbocycles. The van der Waals surface area contributed by atoms with Crippen molar-refractivity contribution in [1.29, 1.82) is 0 Å². The highest BCUT2D eigenvalue weighted by Crippen LogP contribution is 2.38. The van der Waals surface area contributed by atoms with E-state index >= 15 is 0 Å². The number of rotatable bonds is 6. The van der Waals surface area contributed by atoms with Crippen LogP contribution in [0.5, 0.6) is 0 Å². The van der Waals surface area contributed by atoms with Gasteiger partial charge in [-0.2, -0.15) is 0 Å². The number of hydrogen-bond donors (Lipinski definition) is 4. The Morgan fingerprint density at radius 2 is 1.80 bits per heavy atom. The number of fused-ring (bicyclic) bond motifs is 1. The molecule has 1 atom stereocenters. The fraction of sp³-hybridized carbons (Fsp3) is 0.588. The van der Waals surface area contributed by atoms with Gasteiger partial charge in [0.15, 0.2) is 13.1 Å². The molecule has 0 saturated carbocycles. The molecule has 0 bridgehead atoms. The molecule has 25 heavy (non-hydrogen) atoms. The SMILES string of the molecule is C[NH+](CC(=O)Nc1sc2c(c1C(N)=O)CCC2)CC(=O)NC(C)(C)C. The first-order valence-electron chi connectivity index (χ1n) is 8.43. The van der Waals surface area contributed by atoms with Gasteiger partial charge in [-0.3, -0.25) is 14.4 Å². The average Bonchev–Trinajstić information content (AvgIpc) is 2.94. The summed E-state index contributed by atoms with van der Waals surface area (Å²) in [6, 6.07) is 0. The average molecular weight is 367 g/mol. The zero-order valence-corrected chi connectivity index (χ0v) is 16.1. The second-order valence-electron chi connectivity index (χ2n) is 7.58. The molecule has 5 N–H and O–H groups in total. The molecule has 0 aliphatic heterocycles. The number of anilines is 1. The fourth-order valence-corrected chi connectivity index (χ4v) is 4.31. The summed E-state index contributed by atoms with van der Waals surface area (Å²) in [7, 11) is 1.78. The fourth-order valence-electron chi connectivity index (χ4n) is 3.00. The largest absolute Gasteiger partial charge is 0.365 e. The summed E-state index contributed by atoms with van der Waals surface area (Å²) in [4.78, 5) is 37.9. The Labute approximate surface area is 151 Å². The van der Waals surface area contributed by atoms with Gasteiger partial charge in [0.1, 0.15) is 5.00 Å². The maximum Gasteiger partial charge on any atom is 0.280 e. The zero-order chi connectivity index (χ0) is 18.8. The number of thiophene rings is 1. The highest BCUT2D eigenvalue weighted by molar-refractivity contribution is 7.17. The normalized spacial score (nSPS) is 14.7. The van der Waals surface area contributed by atoms with E-state index < -0.39 is 5.91 Å². The lowest BCUT2D eigenvalue weighted by atomic mass is 10.1. The summed E-state index contributed by atoms with van der Waals surface area (Å²) in [6.45, 7) is 6.07. The van der Waals surface area contributed by atoms with Crippen molar-refractivity contribution >= 4 is 34.1 Å². The Balaban J connectivity index is 1.95. The number of primary amides is 1. The smallest absolute Gasteiger partial charge is 0.280 e. The monoisotopic (exact) mass is 367 g/mol. The van der Waals surface area contributed by atoms with Crippen LogP contribution in [0, 0.1) is 0 Å². The maximum atomic E-state index is 12.3. The van der Waals surface area contributed by atoms with Crippen LogP contribution in [0.15, 0.2) is 0 Å². The molecule has 3 amide bonds. The lowest BCUT2D eigenvalue weighted by Gasteiger charge is -2.21. The minimum Gasteiger partial charge on any atom is -0.365 e. The van der Waals surface area contributed by atoms with Crippen molar-refractivity contribution in [3.8, 4) is 0 Å². The Hall–Kier alpha value is -1.93. The van der Waals surface area contributed by atoms with Gasteiger partial charge in [-0.25, -0.2) is 0 Å². The van der Waals surface area contributed by atoms with E-state index in [0.717, 1.165) is 34.6 Å². The van der Waals surface area contributed by atoms with Crippen LogP contribution in [0.4, 0.5) is 5.00 Å². The Kier molecular flexibility index (Phi) is 5.84. The summed E-state index contributed by atoms with van der Waals surface area (Å²) in [5.41, 5.74) is 6.63. The third-order valence-electron chi connectivity index (χ3n) is 3.86. The first-order valence-corrected chi connectivity index (χ1v) is 9.25. The van der Waals surface area contributed by atoms with E-state index in [-0.39, 0.29) is 30.4 Å². The third-order valence-corrected chi connectivity index (χ3v) is 5.07. The molecule has 0 radical (unpaired) electrons. The summed E-state index contributed by atoms with van der Waals surface area (Å²) in [6.07, 6.45) is 2.78. The van der Waals surface area contributed by atoms with E-state index in [1.54, 1.807) is 7.05 Å². The molecule has 0 spiro atoms. The van der Waals surface area contributed by atoms with Crippen LogP contribution in [0.3, 0.4) is 0 Å². The zero-order valence-electron chi connectivity index (χ0n) is 15.2. The highest BCUT2D eigenvalue weighted by Gasteiger charge is 2.27. The van der Waals surface area contributed by atoms with Crippen molar-refractivity contribution in [1.82, 2.24) is 5.32 Å². The van der Waals surface area contributed by atoms with Crippen LogP contribution >= 0.6 is 11.3 Å². The van der Waals surface area contributed by atoms with Crippen LogP contribution in [0.25, 0.3) is 0 Å². The van der Waals surface area contributed by atoms with Gasteiger partial charge in [0.25, 0.3) is 17.7 Å². The van der Waals surface area contributed by atoms with Crippen molar-refractivity contribution in [3.63, 3.8) is 0 Å². The van der Waals surface area contributed by atoms with E-state index in [1.165, 1.54) is 11.3 Å². The van der Waals surface area contributed by atoms with E-state index in [9.17, 15) is 14.4 Å². The number of carbonyl (C=O) groups is 3. The van der Waals surface area contributed by atoms with Gasteiger partial charge in [-0.05, 0) is 45.6 Å². The highest BCUT2D eigenvalue weighted by atomic mass is 32.1. The maximum absolute atomic E-state index is 12.3. The van der Waals surface area contributed by atoms with Gasteiger partial charge in [0.05, 0.1) is 12.6 Å². The first-order chi connectivity index (χ1) is 11.6. The van der Waals surface area contributed by atoms with Crippen LogP contribution in [0.1, 0.15) is 48.0 Å². The molecule has 1 aromatic rings. The topological polar surface area (TPSA) is 106 Å². The molecular weight excluding hydrogens is 340 g/mol. The van der Waals surface area contributed by atoms with Crippen LogP contribution < -0.4 is 21.3 Å². The Morgan fingerprint density at radius 1 is 1.16 bits per heavy atom. The molecule has 1 unspecified atom stereocenters. The second-order valence-corrected chi connectivity index (χ2v) is 8.69. The van der Waals surface area contributed by atoms with Crippen LogP contribution in [-0.2, 0) is 22.4 Å². The number of nitrogens with one attached hydrogen (secondary N) is 3. The van der Waals surface area contributed by atoms with E-state index in [1.807, 2.05) is 20.8 Å². The molecule has 8 heteroatoms. The molecule has 1 aromatic heterocycles. The molecule has 2 rings (SSSR count). The summed E-state index contributed by atoms with van der Waals surface area (Å²) in [5, 5.41) is 6.21. The first kappa shape index (κ1) is 19.4. The minimum absolute atomic E-state index is 0.106. The van der Waals surface area contributed by atoms with Crippen LogP contribution in [0.2, 0.25) is 0 Å². The number of hydrogen-bond acceptors (Lipinski definition) is 4. The lowest BCUT2D eigenvalue weighted by Crippen LogP contribution is -3.11. The number of aryl methyl sites for hydroxylation is 1. The molecule has 138 valence electrons. The molecular formula is C17H27N4O3S+. The second kappa shape index (κ2) is 7.53. The van der Waals surface area contributed by atoms with Crippen molar-refractivity contribution in [2.75, 3.05) is 25.5 Å². The number of nitrogens with two attached hydrogens (primary N) is 1. The lowest BCUT2D eigenvalue weighted by molar-refractivity contribution is -0.862. The quantitative estimate of drug-likeness (QED) is 0.555. The Morgan fingerprint density at radius 3 is 2.40 bits per heavy atom.